The number of ketones is 1. The van der Waals surface area contributed by atoms with Gasteiger partial charge in [0.25, 0.3) is 0 Å². The monoisotopic (exact) mass is 296 g/mol. The normalized spacial score (nSPS) is 33.5. The van der Waals surface area contributed by atoms with Gasteiger partial charge in [0.05, 0.1) is 6.04 Å². The van der Waals surface area contributed by atoms with E-state index in [0.29, 0.717) is 0 Å². The zero-order valence-corrected chi connectivity index (χ0v) is 13.6. The Morgan fingerprint density at radius 2 is 2.09 bits per heavy atom. The third kappa shape index (κ3) is 1.71. The fourth-order valence-corrected chi connectivity index (χ4v) is 4.39. The van der Waals surface area contributed by atoms with Crippen molar-refractivity contribution < 1.29 is 4.79 Å². The third-order valence-corrected chi connectivity index (χ3v) is 6.22. The first-order chi connectivity index (χ1) is 10.4. The Morgan fingerprint density at radius 1 is 1.36 bits per heavy atom. The predicted molar refractivity (Wildman–Crippen MR) is 88.7 cm³/mol. The first-order valence-corrected chi connectivity index (χ1v) is 8.31. The Labute approximate surface area is 132 Å². The second-order valence-corrected chi connectivity index (χ2v) is 7.56. The summed E-state index contributed by atoms with van der Waals surface area (Å²) in [5.41, 5.74) is 9.98. The topological polar surface area (TPSA) is 46.3 Å². The summed E-state index contributed by atoms with van der Waals surface area (Å²) in [5, 5.41) is 0. The van der Waals surface area contributed by atoms with E-state index in [9.17, 15) is 4.79 Å². The van der Waals surface area contributed by atoms with Crippen molar-refractivity contribution in [1.82, 2.24) is 4.90 Å². The molecule has 22 heavy (non-hydrogen) atoms. The summed E-state index contributed by atoms with van der Waals surface area (Å²) >= 11 is 0. The average molecular weight is 296 g/mol. The number of carbonyl (C=O) groups is 1. The van der Waals surface area contributed by atoms with Gasteiger partial charge in [0.15, 0.2) is 5.78 Å². The third-order valence-electron chi connectivity index (χ3n) is 6.22. The van der Waals surface area contributed by atoms with E-state index < -0.39 is 0 Å². The summed E-state index contributed by atoms with van der Waals surface area (Å²) in [4.78, 5) is 15.4. The van der Waals surface area contributed by atoms with Gasteiger partial charge in [0.2, 0.25) is 0 Å². The number of nitrogens with zero attached hydrogens (tertiary/aromatic N) is 1. The fraction of sp³-hybridized carbons (Fsp3) is 0.526. The summed E-state index contributed by atoms with van der Waals surface area (Å²) < 4.78 is 0. The molecule has 4 rings (SSSR count). The van der Waals surface area contributed by atoms with Crippen LogP contribution in [0.3, 0.4) is 0 Å². The number of Topliss-reactive ketones (excluding diaryl/α,β-unsaturated/α-hetero) is 1. The molecule has 1 fully saturated rings. The molecule has 0 radical (unpaired) electrons. The van der Waals surface area contributed by atoms with E-state index in [-0.39, 0.29) is 23.2 Å². The van der Waals surface area contributed by atoms with Gasteiger partial charge < -0.3 is 10.6 Å². The Balaban J connectivity index is 1.89. The minimum atomic E-state index is -0.0939. The maximum Gasteiger partial charge on any atom is 0.185 e. The molecule has 2 N–H and O–H groups in total. The molecule has 0 saturated heterocycles. The van der Waals surface area contributed by atoms with Gasteiger partial charge in [-0.3, -0.25) is 4.79 Å². The number of fused-ring (bicyclic) bond motifs is 4. The van der Waals surface area contributed by atoms with Crippen LogP contribution in [0.2, 0.25) is 0 Å². The lowest BCUT2D eigenvalue weighted by Crippen LogP contribution is -2.58. The van der Waals surface area contributed by atoms with E-state index in [1.807, 2.05) is 18.2 Å². The molecule has 1 aromatic carbocycles. The van der Waals surface area contributed by atoms with Crippen LogP contribution in [0.1, 0.15) is 49.5 Å². The number of allylic oxidation sites excluding steroid dienone is 1. The minimum Gasteiger partial charge on any atom is -0.399 e. The smallest absolute Gasteiger partial charge is 0.185 e. The number of nitrogen functional groups attached to an aromatic ring is 1. The SMILES string of the molecule is CC1=CN(CC2CC2)[C@@H]2C(=O)c3ccc(N)cc3[C@@]1(C)[C@H]2C. The molecule has 116 valence electrons. The number of hydrogen-bond donors (Lipinski definition) is 1. The van der Waals surface area contributed by atoms with Crippen LogP contribution in [0.5, 0.6) is 0 Å². The first-order valence-electron chi connectivity index (χ1n) is 8.31. The Bertz CT molecular complexity index is 689. The van der Waals surface area contributed by atoms with Gasteiger partial charge in [-0.05, 0) is 67.1 Å². The summed E-state index contributed by atoms with van der Waals surface area (Å²) in [6, 6.07) is 5.77. The molecule has 1 saturated carbocycles. The van der Waals surface area contributed by atoms with Crippen molar-refractivity contribution in [2.45, 2.75) is 45.1 Å². The van der Waals surface area contributed by atoms with Crippen molar-refractivity contribution in [3.05, 3.63) is 41.1 Å². The van der Waals surface area contributed by atoms with E-state index >= 15 is 0 Å². The van der Waals surface area contributed by atoms with E-state index in [2.05, 4.69) is 31.9 Å². The van der Waals surface area contributed by atoms with Gasteiger partial charge in [-0.25, -0.2) is 0 Å². The van der Waals surface area contributed by atoms with Crippen molar-refractivity contribution >= 4 is 11.5 Å². The zero-order valence-electron chi connectivity index (χ0n) is 13.6. The molecule has 0 aromatic heterocycles. The standard InChI is InChI=1S/C19H24N2O/c1-11-9-21(10-13-4-5-13)17-12(2)19(11,3)16-8-14(20)6-7-15(16)18(17)22/h6-9,12-13,17H,4-5,10,20H2,1-3H3/t12-,17-,19+/m0/s1. The highest BCUT2D eigenvalue weighted by molar-refractivity contribution is 6.04. The molecule has 3 nitrogen and oxygen atoms in total. The molecule has 0 amide bonds. The van der Waals surface area contributed by atoms with E-state index in [4.69, 9.17) is 5.73 Å². The summed E-state index contributed by atoms with van der Waals surface area (Å²) in [7, 11) is 0. The summed E-state index contributed by atoms with van der Waals surface area (Å²) in [6.45, 7) is 7.73. The van der Waals surface area contributed by atoms with Crippen molar-refractivity contribution in [3.8, 4) is 0 Å². The van der Waals surface area contributed by atoms with Gasteiger partial charge in [-0.1, -0.05) is 13.8 Å². The molecule has 1 aliphatic heterocycles. The van der Waals surface area contributed by atoms with Crippen LogP contribution in [0.25, 0.3) is 0 Å². The Morgan fingerprint density at radius 3 is 2.77 bits per heavy atom. The van der Waals surface area contributed by atoms with Crippen molar-refractivity contribution in [3.63, 3.8) is 0 Å². The van der Waals surface area contributed by atoms with Gasteiger partial charge in [0.1, 0.15) is 0 Å². The Hall–Kier alpha value is -1.77. The number of hydrogen-bond acceptors (Lipinski definition) is 3. The van der Waals surface area contributed by atoms with Gasteiger partial charge in [-0.15, -0.1) is 0 Å². The molecule has 1 aromatic rings. The first kappa shape index (κ1) is 13.9. The molecule has 3 aliphatic rings. The molecule has 3 heteroatoms. The van der Waals surface area contributed by atoms with Crippen molar-refractivity contribution in [2.75, 3.05) is 12.3 Å². The maximum atomic E-state index is 13.1. The highest BCUT2D eigenvalue weighted by Crippen LogP contribution is 2.51. The molecule has 2 aliphatic carbocycles. The lowest BCUT2D eigenvalue weighted by atomic mass is 9.57. The minimum absolute atomic E-state index is 0.0228. The highest BCUT2D eigenvalue weighted by Gasteiger charge is 2.52. The molecular formula is C19H24N2O. The summed E-state index contributed by atoms with van der Waals surface area (Å²) in [6.07, 6.45) is 4.86. The van der Waals surface area contributed by atoms with Crippen LogP contribution < -0.4 is 5.73 Å². The van der Waals surface area contributed by atoms with Crippen LogP contribution in [-0.4, -0.2) is 23.3 Å². The molecule has 0 spiro atoms. The number of benzene rings is 1. The lowest BCUT2D eigenvalue weighted by Gasteiger charge is -2.53. The van der Waals surface area contributed by atoms with Gasteiger partial charge in [0, 0.05) is 23.2 Å². The van der Waals surface area contributed by atoms with E-state index in [0.717, 1.165) is 29.3 Å². The van der Waals surface area contributed by atoms with E-state index in [1.165, 1.54) is 18.4 Å². The second kappa shape index (κ2) is 4.37. The Kier molecular flexibility index (Phi) is 2.76. The van der Waals surface area contributed by atoms with Crippen LogP contribution in [-0.2, 0) is 5.41 Å². The fourth-order valence-electron chi connectivity index (χ4n) is 4.39. The predicted octanol–water partition coefficient (Wildman–Crippen LogP) is 3.36. The zero-order chi connectivity index (χ0) is 15.6. The molecule has 3 atom stereocenters. The number of rotatable bonds is 2. The number of anilines is 1. The second-order valence-electron chi connectivity index (χ2n) is 7.56. The highest BCUT2D eigenvalue weighted by atomic mass is 16.1. The molecule has 1 heterocycles. The number of nitrogens with two attached hydrogens (primary N) is 1. The molecule has 0 unspecified atom stereocenters. The van der Waals surface area contributed by atoms with Crippen LogP contribution in [0.15, 0.2) is 30.0 Å². The van der Waals surface area contributed by atoms with Gasteiger partial charge >= 0.3 is 0 Å². The van der Waals surface area contributed by atoms with Crippen LogP contribution in [0.4, 0.5) is 5.69 Å². The largest absolute Gasteiger partial charge is 0.399 e. The number of carbonyl (C=O) groups excluding carboxylic acids is 1. The molecular weight excluding hydrogens is 272 g/mol. The van der Waals surface area contributed by atoms with Gasteiger partial charge in [-0.2, -0.15) is 0 Å². The van der Waals surface area contributed by atoms with Crippen LogP contribution in [0, 0.1) is 11.8 Å². The maximum absolute atomic E-state index is 13.1. The van der Waals surface area contributed by atoms with Crippen molar-refractivity contribution in [2.24, 2.45) is 11.8 Å². The van der Waals surface area contributed by atoms with E-state index in [1.54, 1.807) is 0 Å². The lowest BCUT2D eigenvalue weighted by molar-refractivity contribution is 0.0652. The summed E-state index contributed by atoms with van der Waals surface area (Å²) in [5.74, 6) is 1.32. The molecule has 2 bridgehead atoms. The average Bonchev–Trinajstić information content (AvgIpc) is 3.27. The van der Waals surface area contributed by atoms with Crippen molar-refractivity contribution in [1.29, 1.82) is 0 Å². The quantitative estimate of drug-likeness (QED) is 0.851. The van der Waals surface area contributed by atoms with Crippen LogP contribution >= 0.6 is 0 Å².